The molecular formula is C46H60N10O2. The molecule has 2 aliphatic carbocycles. The van der Waals surface area contributed by atoms with Crippen molar-refractivity contribution < 1.29 is 9.05 Å². The minimum atomic E-state index is -0.153. The van der Waals surface area contributed by atoms with Crippen molar-refractivity contribution in [2.45, 2.75) is 139 Å². The molecule has 2 unspecified atom stereocenters. The standard InChI is InChI=1S/C46H60N10O2/c1-10-55-36-24-45(6,7)17-14-33(36)39(51-55)43-49-41(53-57-43)30-21-27(4)38(28(5)22-30)32(16-19-47)35(48)23-29-12-13-31(26(3)20-29)42-50-44(58-54-42)40-34-15-18-46(8,9)25-37(34)56(11-2)52-40/h12-13,20-22,32,35H,10-11,14-19,23-25,47-48H2,1-9H3. The van der Waals surface area contributed by atoms with Gasteiger partial charge in [-0.05, 0) is 143 Å². The maximum atomic E-state index is 7.11. The fraction of sp³-hybridized carbons (Fsp3) is 0.522. The Hall–Kier alpha value is -4.94. The molecule has 4 aromatic heterocycles. The predicted molar refractivity (Wildman–Crippen MR) is 227 cm³/mol. The van der Waals surface area contributed by atoms with Crippen molar-refractivity contribution in [1.82, 2.24) is 39.8 Å². The molecule has 8 rings (SSSR count). The Morgan fingerprint density at radius 3 is 1.79 bits per heavy atom. The van der Waals surface area contributed by atoms with E-state index in [0.717, 1.165) is 103 Å². The van der Waals surface area contributed by atoms with Gasteiger partial charge >= 0.3 is 0 Å². The second kappa shape index (κ2) is 15.3. The van der Waals surface area contributed by atoms with Gasteiger partial charge in [0, 0.05) is 58.7 Å². The summed E-state index contributed by atoms with van der Waals surface area (Å²) in [6, 6.07) is 10.6. The molecule has 0 bridgehead atoms. The van der Waals surface area contributed by atoms with Gasteiger partial charge in [0.05, 0.1) is 0 Å². The fourth-order valence-electron chi connectivity index (χ4n) is 9.69. The molecule has 6 aromatic rings. The number of nitrogens with zero attached hydrogens (tertiary/aromatic N) is 8. The Bertz CT molecular complexity index is 2440. The summed E-state index contributed by atoms with van der Waals surface area (Å²) in [5, 5.41) is 18.7. The van der Waals surface area contributed by atoms with E-state index in [1.807, 2.05) is 0 Å². The number of hydrogen-bond donors (Lipinski definition) is 2. The van der Waals surface area contributed by atoms with Gasteiger partial charge in [-0.3, -0.25) is 9.36 Å². The summed E-state index contributed by atoms with van der Waals surface area (Å²) in [7, 11) is 0. The van der Waals surface area contributed by atoms with Crippen molar-refractivity contribution in [1.29, 1.82) is 0 Å². The van der Waals surface area contributed by atoms with E-state index in [-0.39, 0.29) is 22.8 Å². The highest BCUT2D eigenvalue weighted by molar-refractivity contribution is 5.65. The van der Waals surface area contributed by atoms with Crippen LogP contribution in [0.3, 0.4) is 0 Å². The molecule has 4 N–H and O–H groups in total. The summed E-state index contributed by atoms with van der Waals surface area (Å²) >= 11 is 0. The van der Waals surface area contributed by atoms with Crippen LogP contribution in [-0.4, -0.2) is 52.4 Å². The minimum Gasteiger partial charge on any atom is -0.332 e. The molecule has 0 saturated carbocycles. The number of nitrogens with two attached hydrogens (primary N) is 2. The number of fused-ring (bicyclic) bond motifs is 2. The topological polar surface area (TPSA) is 166 Å². The Morgan fingerprint density at radius 1 is 0.741 bits per heavy atom. The van der Waals surface area contributed by atoms with E-state index < -0.39 is 0 Å². The number of aromatic nitrogens is 8. The predicted octanol–water partition coefficient (Wildman–Crippen LogP) is 8.51. The molecule has 0 spiro atoms. The zero-order valence-corrected chi connectivity index (χ0v) is 35.9. The summed E-state index contributed by atoms with van der Waals surface area (Å²) in [4.78, 5) is 9.76. The molecule has 4 heterocycles. The maximum absolute atomic E-state index is 7.11. The molecule has 0 radical (unpaired) electrons. The summed E-state index contributed by atoms with van der Waals surface area (Å²) in [5.41, 5.74) is 28.1. The molecule has 2 aliphatic rings. The van der Waals surface area contributed by atoms with Gasteiger partial charge < -0.3 is 20.5 Å². The monoisotopic (exact) mass is 784 g/mol. The van der Waals surface area contributed by atoms with Crippen LogP contribution in [0.4, 0.5) is 0 Å². The van der Waals surface area contributed by atoms with E-state index in [1.165, 1.54) is 28.1 Å². The van der Waals surface area contributed by atoms with E-state index in [1.54, 1.807) is 0 Å². The van der Waals surface area contributed by atoms with Gasteiger partial charge in [-0.25, -0.2) is 0 Å². The van der Waals surface area contributed by atoms with Gasteiger partial charge in [-0.2, -0.15) is 20.2 Å². The van der Waals surface area contributed by atoms with Crippen molar-refractivity contribution in [2.75, 3.05) is 6.54 Å². The first-order chi connectivity index (χ1) is 27.7. The lowest BCUT2D eigenvalue weighted by Gasteiger charge is -2.30. The van der Waals surface area contributed by atoms with Gasteiger partial charge in [0.15, 0.2) is 11.4 Å². The molecule has 0 saturated heterocycles. The van der Waals surface area contributed by atoms with E-state index in [2.05, 4.69) is 112 Å². The maximum Gasteiger partial charge on any atom is 0.279 e. The molecule has 12 nitrogen and oxygen atoms in total. The van der Waals surface area contributed by atoms with E-state index in [0.29, 0.717) is 36.4 Å². The number of aryl methyl sites for hydroxylation is 5. The smallest absolute Gasteiger partial charge is 0.279 e. The van der Waals surface area contributed by atoms with Crippen LogP contribution in [0.25, 0.3) is 45.9 Å². The number of rotatable bonds is 12. The van der Waals surface area contributed by atoms with Crippen LogP contribution in [0, 0.1) is 31.6 Å². The first-order valence-electron chi connectivity index (χ1n) is 21.2. The van der Waals surface area contributed by atoms with Crippen molar-refractivity contribution in [2.24, 2.45) is 22.3 Å². The zero-order chi connectivity index (χ0) is 41.1. The number of benzene rings is 2. The molecule has 12 heteroatoms. The Kier molecular flexibility index (Phi) is 10.5. The van der Waals surface area contributed by atoms with Crippen molar-refractivity contribution in [3.8, 4) is 45.9 Å². The first kappa shape index (κ1) is 39.9. The lowest BCUT2D eigenvalue weighted by Crippen LogP contribution is -2.33. The lowest BCUT2D eigenvalue weighted by molar-refractivity contribution is 0.304. The molecule has 2 atom stereocenters. The van der Waals surface area contributed by atoms with E-state index >= 15 is 0 Å². The molecule has 0 aliphatic heterocycles. The summed E-state index contributed by atoms with van der Waals surface area (Å²) < 4.78 is 16.0. The largest absolute Gasteiger partial charge is 0.332 e. The Balaban J connectivity index is 0.999. The third-order valence-electron chi connectivity index (χ3n) is 12.8. The average Bonchev–Trinajstić information content (AvgIpc) is 3.98. The van der Waals surface area contributed by atoms with E-state index in [4.69, 9.17) is 40.7 Å². The van der Waals surface area contributed by atoms with Crippen molar-refractivity contribution in [3.63, 3.8) is 0 Å². The molecular weight excluding hydrogens is 725 g/mol. The van der Waals surface area contributed by atoms with Crippen molar-refractivity contribution in [3.05, 3.63) is 80.7 Å². The normalized spacial score (nSPS) is 16.9. The zero-order valence-electron chi connectivity index (χ0n) is 35.9. The van der Waals surface area contributed by atoms with Crippen molar-refractivity contribution >= 4 is 0 Å². The second-order valence-electron chi connectivity index (χ2n) is 18.4. The van der Waals surface area contributed by atoms with Crippen LogP contribution < -0.4 is 11.5 Å². The lowest BCUT2D eigenvalue weighted by atomic mass is 9.76. The first-order valence-corrected chi connectivity index (χ1v) is 21.2. The average molecular weight is 785 g/mol. The highest BCUT2D eigenvalue weighted by Gasteiger charge is 2.34. The SMILES string of the molecule is CCn1nc(-c2nc(-c3cc(C)c(C(CCN)C(N)Cc4ccc(-c5noc(-c6nn(CC)c7c6CCC(C)(C)C7)n5)c(C)c4)c(C)c3)no2)c2c1CC(C)(C)CC2. The number of hydrogen-bond acceptors (Lipinski definition) is 10. The summed E-state index contributed by atoms with van der Waals surface area (Å²) in [6.07, 6.45) is 7.60. The fourth-order valence-corrected chi connectivity index (χ4v) is 9.69. The van der Waals surface area contributed by atoms with Gasteiger partial charge in [0.2, 0.25) is 11.6 Å². The molecule has 0 fully saturated rings. The summed E-state index contributed by atoms with van der Waals surface area (Å²) in [6.45, 7) is 22.1. The van der Waals surface area contributed by atoms with Crippen LogP contribution in [0.2, 0.25) is 0 Å². The quantitative estimate of drug-likeness (QED) is 0.123. The highest BCUT2D eigenvalue weighted by Crippen LogP contribution is 2.41. The van der Waals surface area contributed by atoms with Gasteiger partial charge in [-0.15, -0.1) is 0 Å². The van der Waals surface area contributed by atoms with Gasteiger partial charge in [0.25, 0.3) is 11.8 Å². The second-order valence-corrected chi connectivity index (χ2v) is 18.4. The molecule has 0 amide bonds. The van der Waals surface area contributed by atoms with Crippen LogP contribution in [0.5, 0.6) is 0 Å². The van der Waals surface area contributed by atoms with Crippen LogP contribution in [0.15, 0.2) is 39.4 Å². The van der Waals surface area contributed by atoms with Crippen LogP contribution in [0.1, 0.15) is 117 Å². The highest BCUT2D eigenvalue weighted by atomic mass is 16.5. The molecule has 2 aromatic carbocycles. The Labute approximate surface area is 342 Å². The Morgan fingerprint density at radius 2 is 1.28 bits per heavy atom. The van der Waals surface area contributed by atoms with Gasteiger partial charge in [-0.1, -0.05) is 56.2 Å². The van der Waals surface area contributed by atoms with Crippen LogP contribution >= 0.6 is 0 Å². The van der Waals surface area contributed by atoms with E-state index in [9.17, 15) is 0 Å². The molecule has 306 valence electrons. The molecule has 58 heavy (non-hydrogen) atoms. The third-order valence-corrected chi connectivity index (χ3v) is 12.8. The minimum absolute atomic E-state index is 0.0628. The third kappa shape index (κ3) is 7.45. The summed E-state index contributed by atoms with van der Waals surface area (Å²) in [5.74, 6) is 2.16. The van der Waals surface area contributed by atoms with Gasteiger partial charge in [0.1, 0.15) is 0 Å². The van der Waals surface area contributed by atoms with Crippen LogP contribution in [-0.2, 0) is 45.2 Å².